The molecule has 1 unspecified atom stereocenters. The second kappa shape index (κ2) is 7.23. The third-order valence-electron chi connectivity index (χ3n) is 4.35. The van der Waals surface area contributed by atoms with Crippen LogP contribution in [0.1, 0.15) is 66.1 Å². The van der Waals surface area contributed by atoms with Crippen LogP contribution in [-0.2, 0) is 11.8 Å². The van der Waals surface area contributed by atoms with Crippen molar-refractivity contribution in [2.75, 3.05) is 13.1 Å². The summed E-state index contributed by atoms with van der Waals surface area (Å²) in [5, 5.41) is 7.15. The minimum Gasteiger partial charge on any atom is -0.316 e. The van der Waals surface area contributed by atoms with Crippen LogP contribution in [0.15, 0.2) is 5.38 Å². The fraction of sp³-hybridized carbons (Fsp3) is 0.833. The lowest BCUT2D eigenvalue weighted by molar-refractivity contribution is 0.204. The van der Waals surface area contributed by atoms with Crippen LogP contribution in [-0.4, -0.2) is 18.1 Å². The molecule has 0 amide bonds. The highest BCUT2D eigenvalue weighted by Crippen LogP contribution is 2.33. The first-order chi connectivity index (χ1) is 9.54. The summed E-state index contributed by atoms with van der Waals surface area (Å²) in [4.78, 5) is 4.88. The van der Waals surface area contributed by atoms with Crippen LogP contribution >= 0.6 is 11.3 Å². The molecule has 1 N–H and O–H groups in total. The first-order valence-corrected chi connectivity index (χ1v) is 9.08. The molecule has 1 aromatic heterocycles. The predicted octanol–water partition coefficient (Wildman–Crippen LogP) is 4.89. The van der Waals surface area contributed by atoms with Gasteiger partial charge in [0, 0.05) is 23.8 Å². The van der Waals surface area contributed by atoms with Crippen LogP contribution in [0, 0.1) is 17.3 Å². The van der Waals surface area contributed by atoms with Crippen molar-refractivity contribution in [3.63, 3.8) is 0 Å². The molecule has 0 saturated heterocycles. The highest BCUT2D eigenvalue weighted by molar-refractivity contribution is 7.09. The maximum absolute atomic E-state index is 4.88. The first kappa shape index (κ1) is 18.6. The van der Waals surface area contributed by atoms with Gasteiger partial charge in [0.05, 0.1) is 10.7 Å². The molecule has 0 saturated carbocycles. The van der Waals surface area contributed by atoms with Gasteiger partial charge in [0.2, 0.25) is 0 Å². The van der Waals surface area contributed by atoms with Gasteiger partial charge >= 0.3 is 0 Å². The van der Waals surface area contributed by atoms with Crippen LogP contribution in [0.25, 0.3) is 0 Å². The van der Waals surface area contributed by atoms with Crippen LogP contribution in [0.5, 0.6) is 0 Å². The molecular formula is C18H34N2S. The van der Waals surface area contributed by atoms with Gasteiger partial charge in [-0.15, -0.1) is 11.3 Å². The number of rotatable bonds is 7. The SMILES string of the molecule is CC(C)CNCC(C)(Cc1nc(C(C)(C)C)cs1)C(C)C. The summed E-state index contributed by atoms with van der Waals surface area (Å²) in [6.07, 6.45) is 1.07. The second-order valence-electron chi connectivity index (χ2n) is 8.39. The Labute approximate surface area is 135 Å². The van der Waals surface area contributed by atoms with Crippen molar-refractivity contribution in [2.45, 2.75) is 67.2 Å². The van der Waals surface area contributed by atoms with Crippen molar-refractivity contribution in [1.29, 1.82) is 0 Å². The number of hydrogen-bond acceptors (Lipinski definition) is 3. The van der Waals surface area contributed by atoms with Crippen molar-refractivity contribution in [1.82, 2.24) is 10.3 Å². The number of nitrogens with one attached hydrogen (secondary N) is 1. The van der Waals surface area contributed by atoms with Crippen molar-refractivity contribution in [3.05, 3.63) is 16.1 Å². The Kier molecular flexibility index (Phi) is 6.42. The Balaban J connectivity index is 2.76. The molecule has 0 radical (unpaired) electrons. The summed E-state index contributed by atoms with van der Waals surface area (Å²) in [5.74, 6) is 1.34. The van der Waals surface area contributed by atoms with E-state index in [1.807, 2.05) is 11.3 Å². The summed E-state index contributed by atoms with van der Waals surface area (Å²) in [6, 6.07) is 0. The van der Waals surface area contributed by atoms with Gasteiger partial charge in [-0.05, 0) is 23.8 Å². The van der Waals surface area contributed by atoms with Crippen LogP contribution < -0.4 is 5.32 Å². The maximum Gasteiger partial charge on any atom is 0.0934 e. The number of hydrogen-bond donors (Lipinski definition) is 1. The van der Waals surface area contributed by atoms with E-state index in [9.17, 15) is 0 Å². The predicted molar refractivity (Wildman–Crippen MR) is 95.2 cm³/mol. The first-order valence-electron chi connectivity index (χ1n) is 8.20. The molecule has 122 valence electrons. The Bertz CT molecular complexity index is 429. The van der Waals surface area contributed by atoms with Gasteiger partial charge in [-0.3, -0.25) is 0 Å². The molecule has 0 aliphatic rings. The Morgan fingerprint density at radius 1 is 1.14 bits per heavy atom. The highest BCUT2D eigenvalue weighted by Gasteiger charge is 2.30. The monoisotopic (exact) mass is 310 g/mol. The summed E-state index contributed by atoms with van der Waals surface area (Å²) in [5.41, 5.74) is 1.64. The third kappa shape index (κ3) is 5.71. The molecule has 1 aromatic rings. The van der Waals surface area contributed by atoms with E-state index in [1.165, 1.54) is 10.7 Å². The summed E-state index contributed by atoms with van der Waals surface area (Å²) < 4.78 is 0. The van der Waals surface area contributed by atoms with E-state index in [0.717, 1.165) is 19.5 Å². The van der Waals surface area contributed by atoms with E-state index in [-0.39, 0.29) is 10.8 Å². The number of nitrogens with zero attached hydrogens (tertiary/aromatic N) is 1. The van der Waals surface area contributed by atoms with Gasteiger partial charge in [-0.1, -0.05) is 55.4 Å². The lowest BCUT2D eigenvalue weighted by atomic mass is 9.76. The zero-order valence-corrected chi connectivity index (χ0v) is 16.0. The fourth-order valence-electron chi connectivity index (χ4n) is 2.20. The molecule has 2 nitrogen and oxygen atoms in total. The van der Waals surface area contributed by atoms with E-state index in [2.05, 4.69) is 66.1 Å². The zero-order chi connectivity index (χ0) is 16.3. The van der Waals surface area contributed by atoms with Gasteiger partial charge in [-0.25, -0.2) is 4.98 Å². The van der Waals surface area contributed by atoms with Crippen LogP contribution in [0.4, 0.5) is 0 Å². The fourth-order valence-corrected chi connectivity index (χ4v) is 3.42. The number of aromatic nitrogens is 1. The molecule has 0 spiro atoms. The van der Waals surface area contributed by atoms with Gasteiger partial charge < -0.3 is 5.32 Å². The lowest BCUT2D eigenvalue weighted by Gasteiger charge is -2.34. The van der Waals surface area contributed by atoms with Crippen molar-refractivity contribution in [2.24, 2.45) is 17.3 Å². The molecule has 0 bridgehead atoms. The standard InChI is InChI=1S/C18H34N2S/c1-13(2)10-19-12-18(8,14(3)4)9-16-20-15(11-21-16)17(5,6)7/h11,13-14,19H,9-10,12H2,1-8H3. The number of thiazole rings is 1. The molecule has 1 rings (SSSR count). The zero-order valence-electron chi connectivity index (χ0n) is 15.2. The molecule has 21 heavy (non-hydrogen) atoms. The van der Waals surface area contributed by atoms with Crippen molar-refractivity contribution < 1.29 is 0 Å². The van der Waals surface area contributed by atoms with E-state index in [4.69, 9.17) is 4.98 Å². The quantitative estimate of drug-likeness (QED) is 0.775. The van der Waals surface area contributed by atoms with E-state index >= 15 is 0 Å². The molecule has 0 aliphatic carbocycles. The van der Waals surface area contributed by atoms with Gasteiger partial charge in [0.1, 0.15) is 0 Å². The lowest BCUT2D eigenvalue weighted by Crippen LogP contribution is -2.39. The van der Waals surface area contributed by atoms with Crippen LogP contribution in [0.2, 0.25) is 0 Å². The Hall–Kier alpha value is -0.410. The second-order valence-corrected chi connectivity index (χ2v) is 9.33. The minimum atomic E-state index is 0.152. The Morgan fingerprint density at radius 2 is 1.76 bits per heavy atom. The average molecular weight is 311 g/mol. The molecular weight excluding hydrogens is 276 g/mol. The summed E-state index contributed by atoms with van der Waals surface area (Å²) in [7, 11) is 0. The summed E-state index contributed by atoms with van der Waals surface area (Å²) >= 11 is 1.82. The minimum absolute atomic E-state index is 0.152. The van der Waals surface area contributed by atoms with Crippen molar-refractivity contribution >= 4 is 11.3 Å². The molecule has 0 fully saturated rings. The molecule has 3 heteroatoms. The van der Waals surface area contributed by atoms with Gasteiger partial charge in [0.25, 0.3) is 0 Å². The molecule has 1 heterocycles. The maximum atomic E-state index is 4.88. The largest absolute Gasteiger partial charge is 0.316 e. The normalized spacial score (nSPS) is 15.7. The highest BCUT2D eigenvalue weighted by atomic mass is 32.1. The van der Waals surface area contributed by atoms with E-state index in [1.54, 1.807) is 0 Å². The van der Waals surface area contributed by atoms with Gasteiger partial charge in [0.15, 0.2) is 0 Å². The molecule has 1 atom stereocenters. The topological polar surface area (TPSA) is 24.9 Å². The smallest absolute Gasteiger partial charge is 0.0934 e. The average Bonchev–Trinajstić information content (AvgIpc) is 2.76. The van der Waals surface area contributed by atoms with Gasteiger partial charge in [-0.2, -0.15) is 0 Å². The van der Waals surface area contributed by atoms with Crippen molar-refractivity contribution in [3.8, 4) is 0 Å². The van der Waals surface area contributed by atoms with E-state index < -0.39 is 0 Å². The third-order valence-corrected chi connectivity index (χ3v) is 5.20. The van der Waals surface area contributed by atoms with E-state index in [0.29, 0.717) is 11.8 Å². The van der Waals surface area contributed by atoms with Crippen LogP contribution in [0.3, 0.4) is 0 Å². The molecule has 0 aromatic carbocycles. The molecule has 0 aliphatic heterocycles. The Morgan fingerprint density at radius 3 is 2.19 bits per heavy atom. The summed E-state index contributed by atoms with van der Waals surface area (Å²) in [6.45, 7) is 20.4.